The lowest BCUT2D eigenvalue weighted by Crippen LogP contribution is -2.49. The van der Waals surface area contributed by atoms with Gasteiger partial charge in [0.2, 0.25) is 11.8 Å². The molecular formula is C43H54N12O5. The number of nitrogens with one attached hydrogen (secondary N) is 2. The number of piperidine rings is 3. The van der Waals surface area contributed by atoms with Crippen molar-refractivity contribution in [2.75, 3.05) is 81.1 Å². The normalized spacial score (nSPS) is 23.2. The fourth-order valence-corrected chi connectivity index (χ4v) is 10.0. The maximum absolute atomic E-state index is 13.3. The molecule has 0 spiro atoms. The average Bonchev–Trinajstić information content (AvgIpc) is 3.93. The number of likely N-dealkylation sites (tertiary alicyclic amines) is 1. The highest BCUT2D eigenvalue weighted by atomic mass is 16.2. The zero-order valence-electron chi connectivity index (χ0n) is 34.4. The Kier molecular flexibility index (Phi) is 10.7. The van der Waals surface area contributed by atoms with Crippen molar-refractivity contribution in [1.82, 2.24) is 39.1 Å². The van der Waals surface area contributed by atoms with Crippen LogP contribution in [0.3, 0.4) is 0 Å². The van der Waals surface area contributed by atoms with Gasteiger partial charge in [-0.05, 0) is 99.3 Å². The summed E-state index contributed by atoms with van der Waals surface area (Å²) < 4.78 is 3.13. The van der Waals surface area contributed by atoms with Crippen molar-refractivity contribution < 1.29 is 19.2 Å². The number of hydrogen-bond acceptors (Lipinski definition) is 11. The van der Waals surface area contributed by atoms with E-state index in [4.69, 9.17) is 10.7 Å². The molecule has 5 saturated heterocycles. The minimum atomic E-state index is -0.693. The Hall–Kier alpha value is -5.97. The van der Waals surface area contributed by atoms with Gasteiger partial charge in [-0.3, -0.25) is 28.8 Å². The molecule has 5 fully saturated rings. The van der Waals surface area contributed by atoms with E-state index < -0.39 is 17.9 Å². The van der Waals surface area contributed by atoms with Gasteiger partial charge >= 0.3 is 11.7 Å². The van der Waals surface area contributed by atoms with E-state index in [0.717, 1.165) is 101 Å². The number of fused-ring (bicyclic) bond motifs is 1. The second-order valence-corrected chi connectivity index (χ2v) is 17.2. The lowest BCUT2D eigenvalue weighted by atomic mass is 9.89. The molecule has 2 unspecified atom stereocenters. The summed E-state index contributed by atoms with van der Waals surface area (Å²) in [5.74, 6) is 0.591. The van der Waals surface area contributed by atoms with Crippen LogP contribution in [0.1, 0.15) is 73.0 Å². The number of nitrogens with two attached hydrogens (primary N) is 1. The number of carbonyl (C=O) groups excluding carboxylic acids is 4. The number of hydrogen-bond donors (Lipinski definition) is 3. The van der Waals surface area contributed by atoms with Crippen LogP contribution in [0, 0.1) is 5.92 Å². The van der Waals surface area contributed by atoms with E-state index >= 15 is 0 Å². The van der Waals surface area contributed by atoms with Crippen molar-refractivity contribution in [1.29, 1.82) is 0 Å². The predicted octanol–water partition coefficient (Wildman–Crippen LogP) is 2.99. The molecule has 5 aliphatic rings. The van der Waals surface area contributed by atoms with Crippen LogP contribution >= 0.6 is 0 Å². The summed E-state index contributed by atoms with van der Waals surface area (Å²) in [6, 6.07) is 13.9. The number of amides is 5. The van der Waals surface area contributed by atoms with E-state index in [9.17, 15) is 24.0 Å². The summed E-state index contributed by atoms with van der Waals surface area (Å²) >= 11 is 0. The summed E-state index contributed by atoms with van der Waals surface area (Å²) in [6.45, 7) is 7.92. The molecule has 9 rings (SSSR count). The number of imidazole rings is 1. The Morgan fingerprint density at radius 3 is 2.40 bits per heavy atom. The van der Waals surface area contributed by atoms with Gasteiger partial charge in [0.15, 0.2) is 11.5 Å². The lowest BCUT2D eigenvalue weighted by molar-refractivity contribution is -0.135. The van der Waals surface area contributed by atoms with Crippen molar-refractivity contribution in [3.05, 3.63) is 70.4 Å². The zero-order valence-corrected chi connectivity index (χ0v) is 34.4. The molecule has 60 heavy (non-hydrogen) atoms. The minimum absolute atomic E-state index is 0.0664. The number of nitrogens with zero attached hydrogens (tertiary/aromatic N) is 9. The van der Waals surface area contributed by atoms with Crippen LogP contribution in [0.2, 0.25) is 0 Å². The van der Waals surface area contributed by atoms with Crippen molar-refractivity contribution in [3.63, 3.8) is 0 Å². The summed E-state index contributed by atoms with van der Waals surface area (Å²) in [5.41, 5.74) is 10.2. The van der Waals surface area contributed by atoms with Gasteiger partial charge in [0, 0.05) is 77.7 Å². The predicted molar refractivity (Wildman–Crippen MR) is 228 cm³/mol. The maximum Gasteiger partial charge on any atom is 0.329 e. The maximum atomic E-state index is 13.3. The van der Waals surface area contributed by atoms with E-state index in [2.05, 4.69) is 48.5 Å². The Morgan fingerprint density at radius 2 is 1.67 bits per heavy atom. The Labute approximate surface area is 348 Å². The number of carbonyl (C=O) groups is 4. The molecule has 316 valence electrons. The van der Waals surface area contributed by atoms with Gasteiger partial charge in [-0.25, -0.2) is 19.6 Å². The van der Waals surface area contributed by atoms with Gasteiger partial charge in [0.25, 0.3) is 5.91 Å². The van der Waals surface area contributed by atoms with Crippen molar-refractivity contribution >= 4 is 57.8 Å². The molecule has 3 atom stereocenters. The van der Waals surface area contributed by atoms with Gasteiger partial charge in [-0.1, -0.05) is 12.1 Å². The highest BCUT2D eigenvalue weighted by Gasteiger charge is 2.36. The number of benzene rings is 2. The Bertz CT molecular complexity index is 2370. The van der Waals surface area contributed by atoms with E-state index in [1.54, 1.807) is 22.7 Å². The molecule has 17 heteroatoms. The van der Waals surface area contributed by atoms with Crippen molar-refractivity contribution in [2.45, 2.75) is 62.9 Å². The number of primary amides is 1. The fourth-order valence-electron chi connectivity index (χ4n) is 10.0. The molecule has 4 N–H and O–H groups in total. The molecule has 2 aromatic heterocycles. The monoisotopic (exact) mass is 818 g/mol. The van der Waals surface area contributed by atoms with Crippen LogP contribution in [0.15, 0.2) is 53.5 Å². The summed E-state index contributed by atoms with van der Waals surface area (Å²) in [5, 5.41) is 5.69. The van der Waals surface area contributed by atoms with Crippen LogP contribution in [0.4, 0.5) is 27.8 Å². The molecule has 2 aromatic carbocycles. The van der Waals surface area contributed by atoms with Gasteiger partial charge in [0.1, 0.15) is 11.9 Å². The first-order chi connectivity index (χ1) is 29.0. The third kappa shape index (κ3) is 7.66. The van der Waals surface area contributed by atoms with Gasteiger partial charge < -0.3 is 35.6 Å². The van der Waals surface area contributed by atoms with E-state index in [1.807, 2.05) is 36.2 Å². The molecule has 0 radical (unpaired) electrons. The van der Waals surface area contributed by atoms with Crippen LogP contribution in [0.25, 0.3) is 11.0 Å². The van der Waals surface area contributed by atoms with E-state index in [0.29, 0.717) is 42.0 Å². The topological polar surface area (TPSA) is 187 Å². The number of aryl methyl sites for hydroxylation is 1. The van der Waals surface area contributed by atoms with E-state index in [-0.39, 0.29) is 35.8 Å². The van der Waals surface area contributed by atoms with Crippen LogP contribution in [0.5, 0.6) is 0 Å². The van der Waals surface area contributed by atoms with Crippen molar-refractivity contribution in [3.8, 4) is 0 Å². The quantitative estimate of drug-likeness (QED) is 0.200. The van der Waals surface area contributed by atoms with Gasteiger partial charge in [0.05, 0.1) is 23.3 Å². The Morgan fingerprint density at radius 1 is 0.867 bits per heavy atom. The zero-order chi connectivity index (χ0) is 41.7. The van der Waals surface area contributed by atoms with Crippen molar-refractivity contribution in [2.24, 2.45) is 18.7 Å². The highest BCUT2D eigenvalue weighted by Crippen LogP contribution is 2.33. The molecule has 17 nitrogen and oxygen atoms in total. The van der Waals surface area contributed by atoms with Gasteiger partial charge in [-0.15, -0.1) is 0 Å². The average molecular weight is 819 g/mol. The molecule has 0 saturated carbocycles. The molecule has 5 aliphatic heterocycles. The first-order valence-corrected chi connectivity index (χ1v) is 21.3. The first-order valence-electron chi connectivity index (χ1n) is 21.3. The molecule has 0 bridgehead atoms. The summed E-state index contributed by atoms with van der Waals surface area (Å²) in [6.07, 6.45) is 7.25. The van der Waals surface area contributed by atoms with Gasteiger partial charge in [-0.2, -0.15) is 0 Å². The number of aromatic nitrogens is 4. The SMILES string of the molecule is CN1CCN(C2CCCN(c3cnc(C(N)=O)c(Nc4ccc(C5CCN(C[C@@H]6CCN(c7ccc8c(c7)n(C)c(=O)n8C7CCC(=O)NC7=O)C6)CC5)cc4)n3)C2)C1=O. The van der Waals surface area contributed by atoms with Crippen LogP contribution < -0.4 is 31.9 Å². The number of urea groups is 1. The fraction of sp³-hybridized carbons (Fsp3) is 0.512. The van der Waals surface area contributed by atoms with Crippen LogP contribution in [-0.4, -0.2) is 130 Å². The second kappa shape index (κ2) is 16.2. The second-order valence-electron chi connectivity index (χ2n) is 17.2. The number of anilines is 4. The minimum Gasteiger partial charge on any atom is -0.371 e. The summed E-state index contributed by atoms with van der Waals surface area (Å²) in [4.78, 5) is 82.8. The summed E-state index contributed by atoms with van der Waals surface area (Å²) in [7, 11) is 3.57. The molecular weight excluding hydrogens is 765 g/mol. The molecule has 5 amide bonds. The lowest BCUT2D eigenvalue weighted by Gasteiger charge is -2.37. The molecule has 7 heterocycles. The smallest absolute Gasteiger partial charge is 0.329 e. The number of rotatable bonds is 10. The van der Waals surface area contributed by atoms with E-state index in [1.165, 1.54) is 10.1 Å². The number of likely N-dealkylation sites (N-methyl/N-ethyl adjacent to an activating group) is 1. The molecule has 0 aliphatic carbocycles. The molecule has 4 aromatic rings. The highest BCUT2D eigenvalue weighted by molar-refractivity contribution is 6.00. The third-order valence-corrected chi connectivity index (χ3v) is 13.4. The third-order valence-electron chi connectivity index (χ3n) is 13.4. The van der Waals surface area contributed by atoms with Crippen LogP contribution in [-0.2, 0) is 16.6 Å². The largest absolute Gasteiger partial charge is 0.371 e. The number of imide groups is 1. The Balaban J connectivity index is 0.784. The standard InChI is InChI=1S/C43H54N12O5/c1-49-20-21-54(42(49)59)32-4-3-16-53(26-32)36-23-45-38(39(44)57)40(47-36)46-30-7-5-28(6-8-30)29-14-17-51(18-15-29)24-27-13-19-52(25-27)31-9-10-33-35(22-31)50(2)43(60)55(33)34-11-12-37(56)48-41(34)58/h5-10,22-23,27,29,32,34H,3-4,11-21,24-26H2,1-2H3,(H2,44,57)(H,46,47)(H,48,56,58)/t27-,32?,34?/m0/s1. The first kappa shape index (κ1) is 39.5.